The summed E-state index contributed by atoms with van der Waals surface area (Å²) in [6, 6.07) is 10.5. The monoisotopic (exact) mass is 337 g/mol. The quantitative estimate of drug-likeness (QED) is 0.614. The Labute approximate surface area is 142 Å². The minimum atomic E-state index is -0.242. The predicted octanol–water partition coefficient (Wildman–Crippen LogP) is 3.92. The van der Waals surface area contributed by atoms with Crippen LogP contribution in [-0.4, -0.2) is 9.97 Å². The van der Waals surface area contributed by atoms with Crippen molar-refractivity contribution >= 4 is 27.4 Å². The highest BCUT2D eigenvalue weighted by atomic mass is 32.1. The van der Waals surface area contributed by atoms with Gasteiger partial charge in [0, 0.05) is 29.1 Å². The van der Waals surface area contributed by atoms with Crippen molar-refractivity contribution < 1.29 is 9.37 Å². The summed E-state index contributed by atoms with van der Waals surface area (Å²) in [5, 5.41) is 6.38. The van der Waals surface area contributed by atoms with Crippen molar-refractivity contribution in [2.24, 2.45) is 0 Å². The van der Waals surface area contributed by atoms with E-state index in [0.717, 1.165) is 32.7 Å². The lowest BCUT2D eigenvalue weighted by Gasteiger charge is -2.07. The first-order valence-corrected chi connectivity index (χ1v) is 8.36. The van der Waals surface area contributed by atoms with E-state index in [1.807, 2.05) is 29.9 Å². The average molecular weight is 337 g/mol. The van der Waals surface area contributed by atoms with Crippen molar-refractivity contribution in [3.63, 3.8) is 0 Å². The van der Waals surface area contributed by atoms with Crippen LogP contribution in [0.2, 0.25) is 0 Å². The van der Waals surface area contributed by atoms with E-state index >= 15 is 0 Å². The summed E-state index contributed by atoms with van der Waals surface area (Å²) in [7, 11) is 0. The molecule has 0 aliphatic heterocycles. The summed E-state index contributed by atoms with van der Waals surface area (Å²) in [6.45, 7) is 0.655. The van der Waals surface area contributed by atoms with Crippen molar-refractivity contribution in [3.05, 3.63) is 71.9 Å². The number of anilines is 1. The second-order valence-corrected chi connectivity index (χ2v) is 6.18. The molecule has 0 fully saturated rings. The van der Waals surface area contributed by atoms with Crippen LogP contribution in [0.25, 0.3) is 21.3 Å². The van der Waals surface area contributed by atoms with Gasteiger partial charge in [0.05, 0.1) is 5.39 Å². The summed E-state index contributed by atoms with van der Waals surface area (Å²) in [4.78, 5) is 12.7. The third kappa shape index (κ3) is 2.83. The van der Waals surface area contributed by atoms with Gasteiger partial charge in [0.2, 0.25) is 0 Å². The van der Waals surface area contributed by atoms with Crippen LogP contribution < -0.4 is 10.3 Å². The van der Waals surface area contributed by atoms with Gasteiger partial charge in [0.1, 0.15) is 22.8 Å². The lowest BCUT2D eigenvalue weighted by atomic mass is 10.1. The Kier molecular flexibility index (Phi) is 3.88. The van der Waals surface area contributed by atoms with E-state index < -0.39 is 0 Å². The van der Waals surface area contributed by atoms with Gasteiger partial charge in [0.15, 0.2) is 12.4 Å². The molecule has 24 heavy (non-hydrogen) atoms. The number of benzene rings is 1. The van der Waals surface area contributed by atoms with Gasteiger partial charge in [-0.1, -0.05) is 12.1 Å². The van der Waals surface area contributed by atoms with Gasteiger partial charge in [-0.15, -0.1) is 11.3 Å². The molecule has 0 amide bonds. The molecule has 4 nitrogen and oxygen atoms in total. The molecule has 0 spiro atoms. The first-order valence-electron chi connectivity index (χ1n) is 7.48. The summed E-state index contributed by atoms with van der Waals surface area (Å²) in [5.41, 5.74) is 3.09. The number of hydrogen-bond donors (Lipinski definition) is 1. The van der Waals surface area contributed by atoms with Crippen LogP contribution in [0.1, 0.15) is 5.56 Å². The van der Waals surface area contributed by atoms with Gasteiger partial charge < -0.3 is 5.32 Å². The van der Waals surface area contributed by atoms with Crippen LogP contribution in [0.4, 0.5) is 10.2 Å². The number of pyridine rings is 1. The molecule has 0 aliphatic rings. The van der Waals surface area contributed by atoms with E-state index in [0.29, 0.717) is 6.54 Å². The smallest absolute Gasteiger partial charge is 0.171 e. The summed E-state index contributed by atoms with van der Waals surface area (Å²) in [6.07, 6.45) is 5.38. The first kappa shape index (κ1) is 14.7. The zero-order valence-electron chi connectivity index (χ0n) is 12.7. The molecule has 1 aromatic carbocycles. The van der Waals surface area contributed by atoms with Crippen LogP contribution in [-0.2, 0) is 6.54 Å². The van der Waals surface area contributed by atoms with Crippen molar-refractivity contribution in [1.82, 2.24) is 9.97 Å². The molecule has 4 aromatic rings. The molecule has 0 saturated heterocycles. The molecule has 3 heterocycles. The minimum Gasteiger partial charge on any atom is -0.365 e. The van der Waals surface area contributed by atoms with Crippen LogP contribution in [0.5, 0.6) is 0 Å². The molecule has 3 aromatic heterocycles. The SMILES string of the molecule is Fc1ccc(-c2csc3ncnc(NCc4ccc[nH+]c4)c23)cc1. The molecule has 2 N–H and O–H groups in total. The molecule has 0 aliphatic carbocycles. The molecule has 118 valence electrons. The maximum atomic E-state index is 13.2. The summed E-state index contributed by atoms with van der Waals surface area (Å²) >= 11 is 1.56. The average Bonchev–Trinajstić information content (AvgIpc) is 3.06. The number of fused-ring (bicyclic) bond motifs is 1. The number of nitrogens with one attached hydrogen (secondary N) is 2. The maximum Gasteiger partial charge on any atom is 0.171 e. The minimum absolute atomic E-state index is 0.242. The zero-order valence-corrected chi connectivity index (χ0v) is 13.5. The van der Waals surface area contributed by atoms with E-state index in [9.17, 15) is 4.39 Å². The number of rotatable bonds is 4. The van der Waals surface area contributed by atoms with Crippen molar-refractivity contribution in [3.8, 4) is 11.1 Å². The molecule has 4 rings (SSSR count). The fourth-order valence-electron chi connectivity index (χ4n) is 2.58. The maximum absolute atomic E-state index is 13.2. The molecule has 6 heteroatoms. The highest BCUT2D eigenvalue weighted by Crippen LogP contribution is 2.36. The molecule has 0 saturated carbocycles. The van der Waals surface area contributed by atoms with Gasteiger partial charge in [-0.2, -0.15) is 0 Å². The fourth-order valence-corrected chi connectivity index (χ4v) is 3.49. The van der Waals surface area contributed by atoms with E-state index in [4.69, 9.17) is 0 Å². The van der Waals surface area contributed by atoms with Crippen molar-refractivity contribution in [2.75, 3.05) is 5.32 Å². The lowest BCUT2D eigenvalue weighted by Crippen LogP contribution is -2.06. The zero-order chi connectivity index (χ0) is 16.4. The van der Waals surface area contributed by atoms with E-state index in [2.05, 4.69) is 20.3 Å². The number of thiophene rings is 1. The normalized spacial score (nSPS) is 10.9. The Bertz CT molecular complexity index is 967. The molecule has 0 bridgehead atoms. The standard InChI is InChI=1S/C18H13FN4S/c19-14-5-3-13(4-6-14)15-10-24-18-16(15)17(22-11-23-18)21-9-12-2-1-7-20-8-12/h1-8,10-11H,9H2,(H,21,22,23)/p+1. The number of hydrogen-bond acceptors (Lipinski definition) is 4. The Morgan fingerprint density at radius 1 is 1.12 bits per heavy atom. The fraction of sp³-hybridized carbons (Fsp3) is 0.0556. The second kappa shape index (κ2) is 6.33. The van der Waals surface area contributed by atoms with Crippen LogP contribution in [0, 0.1) is 5.82 Å². The first-order chi connectivity index (χ1) is 11.8. The summed E-state index contributed by atoms with van der Waals surface area (Å²) < 4.78 is 13.2. The summed E-state index contributed by atoms with van der Waals surface area (Å²) in [5.74, 6) is 0.539. The van der Waals surface area contributed by atoms with Gasteiger partial charge in [0.25, 0.3) is 0 Å². The van der Waals surface area contributed by atoms with Gasteiger partial charge >= 0.3 is 0 Å². The Morgan fingerprint density at radius 3 is 2.79 bits per heavy atom. The molecule has 0 unspecified atom stereocenters. The Hall–Kier alpha value is -2.86. The Balaban J connectivity index is 1.73. The topological polar surface area (TPSA) is 52.0 Å². The van der Waals surface area contributed by atoms with E-state index in [-0.39, 0.29) is 5.82 Å². The molecule has 0 atom stereocenters. The number of H-pyrrole nitrogens is 1. The second-order valence-electron chi connectivity index (χ2n) is 5.32. The largest absolute Gasteiger partial charge is 0.365 e. The highest BCUT2D eigenvalue weighted by Gasteiger charge is 2.13. The van der Waals surface area contributed by atoms with Crippen LogP contribution in [0.3, 0.4) is 0 Å². The van der Waals surface area contributed by atoms with Crippen LogP contribution in [0.15, 0.2) is 60.5 Å². The lowest BCUT2D eigenvalue weighted by molar-refractivity contribution is -0.378. The van der Waals surface area contributed by atoms with Crippen molar-refractivity contribution in [1.29, 1.82) is 0 Å². The Morgan fingerprint density at radius 2 is 2.00 bits per heavy atom. The van der Waals surface area contributed by atoms with E-state index in [1.54, 1.807) is 29.8 Å². The number of aromatic amines is 1. The number of aromatic nitrogens is 3. The molecule has 0 radical (unpaired) electrons. The van der Waals surface area contributed by atoms with Crippen molar-refractivity contribution in [2.45, 2.75) is 6.54 Å². The van der Waals surface area contributed by atoms with E-state index in [1.165, 1.54) is 12.1 Å². The van der Waals surface area contributed by atoms with Gasteiger partial charge in [-0.25, -0.2) is 19.3 Å². The number of nitrogens with zero attached hydrogens (tertiary/aromatic N) is 2. The predicted molar refractivity (Wildman–Crippen MR) is 93.1 cm³/mol. The van der Waals surface area contributed by atoms with Gasteiger partial charge in [-0.3, -0.25) is 0 Å². The molecular weight excluding hydrogens is 323 g/mol. The highest BCUT2D eigenvalue weighted by molar-refractivity contribution is 7.17. The third-order valence-corrected chi connectivity index (χ3v) is 4.64. The third-order valence-electron chi connectivity index (χ3n) is 3.76. The molecular formula is C18H14FN4S+. The van der Waals surface area contributed by atoms with Gasteiger partial charge in [-0.05, 0) is 23.8 Å². The number of halogens is 1. The van der Waals surface area contributed by atoms with Crippen LogP contribution >= 0.6 is 11.3 Å².